The zero-order valence-corrected chi connectivity index (χ0v) is 19.6. The number of carbonyl (C=O) groups is 3. The van der Waals surface area contributed by atoms with Crippen LogP contribution in [0.2, 0.25) is 0 Å². The first-order chi connectivity index (χ1) is 16.9. The Labute approximate surface area is 203 Å². The molecule has 35 heavy (non-hydrogen) atoms. The topological polar surface area (TPSA) is 101 Å². The van der Waals surface area contributed by atoms with Crippen molar-refractivity contribution in [1.29, 1.82) is 0 Å². The van der Waals surface area contributed by atoms with Crippen molar-refractivity contribution in [2.75, 3.05) is 31.1 Å². The number of piperidine rings is 1. The van der Waals surface area contributed by atoms with E-state index in [0.717, 1.165) is 5.56 Å². The summed E-state index contributed by atoms with van der Waals surface area (Å²) in [5, 5.41) is 2.61. The summed E-state index contributed by atoms with van der Waals surface area (Å²) < 4.78 is 25.9. The molecule has 186 valence electrons. The monoisotopic (exact) mass is 484 g/mol. The van der Waals surface area contributed by atoms with Crippen molar-refractivity contribution >= 4 is 23.6 Å². The summed E-state index contributed by atoms with van der Waals surface area (Å²) in [6, 6.07) is 8.17. The van der Waals surface area contributed by atoms with Crippen molar-refractivity contribution < 1.29 is 28.2 Å². The van der Waals surface area contributed by atoms with Gasteiger partial charge in [-0.15, -0.1) is 0 Å². The third-order valence-electron chi connectivity index (χ3n) is 6.12. The van der Waals surface area contributed by atoms with Gasteiger partial charge in [0.25, 0.3) is 0 Å². The standard InChI is InChI=1S/C25H29FN4O5/c1-17(31)28-15-21-16-30(25(33)35-21)19-5-6-23(22(26)13-19)34-20-8-11-29(12-9-20)24(32)7-4-18-3-2-10-27-14-18/h2-3,5-6,10,13-14,20-21H,4,7-9,11-12,15-16H2,1H3,(H,28,31)/t21-/m0/s1. The molecule has 0 unspecified atom stereocenters. The number of rotatable bonds is 8. The van der Waals surface area contributed by atoms with Crippen LogP contribution in [0.3, 0.4) is 0 Å². The molecule has 2 fully saturated rings. The van der Waals surface area contributed by atoms with E-state index in [-0.39, 0.29) is 36.8 Å². The van der Waals surface area contributed by atoms with Crippen LogP contribution in [0.15, 0.2) is 42.7 Å². The molecule has 2 aliphatic rings. The van der Waals surface area contributed by atoms with Crippen LogP contribution < -0.4 is 15.0 Å². The minimum atomic E-state index is -0.589. The maximum Gasteiger partial charge on any atom is 0.414 e. The number of hydrogen-bond acceptors (Lipinski definition) is 6. The van der Waals surface area contributed by atoms with Gasteiger partial charge in [0.15, 0.2) is 11.6 Å². The average molecular weight is 485 g/mol. The van der Waals surface area contributed by atoms with Crippen molar-refractivity contribution in [2.45, 2.75) is 44.8 Å². The highest BCUT2D eigenvalue weighted by molar-refractivity contribution is 5.90. The fraction of sp³-hybridized carbons (Fsp3) is 0.440. The van der Waals surface area contributed by atoms with Gasteiger partial charge >= 0.3 is 6.09 Å². The Morgan fingerprint density at radius 1 is 1.26 bits per heavy atom. The van der Waals surface area contributed by atoms with Gasteiger partial charge in [-0.2, -0.15) is 0 Å². The number of likely N-dealkylation sites (tertiary alicyclic amines) is 1. The lowest BCUT2D eigenvalue weighted by Crippen LogP contribution is -2.41. The van der Waals surface area contributed by atoms with Crippen LogP contribution in [0.4, 0.5) is 14.9 Å². The summed E-state index contributed by atoms with van der Waals surface area (Å²) >= 11 is 0. The Hall–Kier alpha value is -3.69. The summed E-state index contributed by atoms with van der Waals surface area (Å²) in [5.41, 5.74) is 1.39. The highest BCUT2D eigenvalue weighted by Gasteiger charge is 2.33. The number of benzene rings is 1. The molecule has 9 nitrogen and oxygen atoms in total. The highest BCUT2D eigenvalue weighted by Crippen LogP contribution is 2.29. The summed E-state index contributed by atoms with van der Waals surface area (Å²) in [6.45, 7) is 2.92. The molecule has 0 aliphatic carbocycles. The lowest BCUT2D eigenvalue weighted by atomic mass is 10.1. The quantitative estimate of drug-likeness (QED) is 0.618. The largest absolute Gasteiger partial charge is 0.487 e. The molecule has 2 aliphatic heterocycles. The molecule has 10 heteroatoms. The van der Waals surface area contributed by atoms with Gasteiger partial charge < -0.3 is 19.7 Å². The number of anilines is 1. The molecule has 0 saturated carbocycles. The predicted molar refractivity (Wildman–Crippen MR) is 125 cm³/mol. The van der Waals surface area contributed by atoms with Crippen LogP contribution in [0, 0.1) is 5.82 Å². The van der Waals surface area contributed by atoms with Gasteiger partial charge in [-0.05, 0) is 30.2 Å². The van der Waals surface area contributed by atoms with Gasteiger partial charge in [0.2, 0.25) is 11.8 Å². The Balaban J connectivity index is 1.25. The van der Waals surface area contributed by atoms with Gasteiger partial charge in [0, 0.05) is 57.7 Å². The van der Waals surface area contributed by atoms with Crippen LogP contribution in [0.1, 0.15) is 31.7 Å². The van der Waals surface area contributed by atoms with E-state index in [1.807, 2.05) is 17.0 Å². The lowest BCUT2D eigenvalue weighted by Gasteiger charge is -2.32. The fourth-order valence-electron chi connectivity index (χ4n) is 4.21. The van der Waals surface area contributed by atoms with Crippen molar-refractivity contribution in [3.8, 4) is 5.75 Å². The number of pyridine rings is 1. The number of aromatic nitrogens is 1. The van der Waals surface area contributed by atoms with Crippen molar-refractivity contribution in [3.05, 3.63) is 54.1 Å². The molecule has 0 spiro atoms. The second-order valence-corrected chi connectivity index (χ2v) is 8.73. The molecule has 3 heterocycles. The third-order valence-corrected chi connectivity index (χ3v) is 6.12. The first-order valence-electron chi connectivity index (χ1n) is 11.7. The van der Waals surface area contributed by atoms with E-state index >= 15 is 0 Å². The summed E-state index contributed by atoms with van der Waals surface area (Å²) in [4.78, 5) is 43.0. The predicted octanol–water partition coefficient (Wildman–Crippen LogP) is 2.68. The highest BCUT2D eigenvalue weighted by atomic mass is 19.1. The number of aryl methyl sites for hydroxylation is 1. The smallest absolute Gasteiger partial charge is 0.414 e. The number of nitrogens with one attached hydrogen (secondary N) is 1. The normalized spacial score (nSPS) is 18.3. The first kappa shape index (κ1) is 24.4. The van der Waals surface area contributed by atoms with Crippen LogP contribution in [0.25, 0.3) is 0 Å². The number of amides is 3. The van der Waals surface area contributed by atoms with Crippen LogP contribution >= 0.6 is 0 Å². The average Bonchev–Trinajstić information content (AvgIpc) is 3.24. The number of hydrogen-bond donors (Lipinski definition) is 1. The minimum Gasteiger partial charge on any atom is -0.487 e. The molecule has 1 aromatic carbocycles. The first-order valence-corrected chi connectivity index (χ1v) is 11.7. The SMILES string of the molecule is CC(=O)NC[C@H]1CN(c2ccc(OC3CCN(C(=O)CCc4cccnc4)CC3)c(F)c2)C(=O)O1. The van der Waals surface area contributed by atoms with Crippen molar-refractivity contribution in [3.63, 3.8) is 0 Å². The molecule has 1 N–H and O–H groups in total. The maximum absolute atomic E-state index is 14.8. The van der Waals surface area contributed by atoms with E-state index in [4.69, 9.17) is 9.47 Å². The van der Waals surface area contributed by atoms with Gasteiger partial charge in [-0.25, -0.2) is 9.18 Å². The summed E-state index contributed by atoms with van der Waals surface area (Å²) in [6.07, 6.45) is 4.50. The number of cyclic esters (lactones) is 1. The zero-order valence-electron chi connectivity index (χ0n) is 19.6. The molecule has 2 aromatic rings. The molecule has 2 saturated heterocycles. The van der Waals surface area contributed by atoms with Gasteiger partial charge in [0.1, 0.15) is 12.2 Å². The molecule has 1 aromatic heterocycles. The van der Waals surface area contributed by atoms with Crippen LogP contribution in [-0.4, -0.2) is 66.2 Å². The summed E-state index contributed by atoms with van der Waals surface area (Å²) in [7, 11) is 0. The van der Waals surface area contributed by atoms with Gasteiger partial charge in [0.05, 0.1) is 18.8 Å². The minimum absolute atomic E-state index is 0.0946. The molecule has 1 atom stereocenters. The Bertz CT molecular complexity index is 1060. The van der Waals surface area contributed by atoms with E-state index in [1.54, 1.807) is 18.5 Å². The Morgan fingerprint density at radius 2 is 2.06 bits per heavy atom. The van der Waals surface area contributed by atoms with Crippen molar-refractivity contribution in [1.82, 2.24) is 15.2 Å². The number of nitrogens with zero attached hydrogens (tertiary/aromatic N) is 3. The number of ether oxygens (including phenoxy) is 2. The zero-order chi connectivity index (χ0) is 24.8. The van der Waals surface area contributed by atoms with Crippen molar-refractivity contribution in [2.24, 2.45) is 0 Å². The maximum atomic E-state index is 14.8. The van der Waals surface area contributed by atoms with Gasteiger partial charge in [-0.3, -0.25) is 19.5 Å². The second kappa shape index (κ2) is 11.2. The van der Waals surface area contributed by atoms with E-state index in [9.17, 15) is 18.8 Å². The van der Waals surface area contributed by atoms with Crippen LogP contribution in [-0.2, 0) is 20.7 Å². The van der Waals surface area contributed by atoms with E-state index < -0.39 is 18.0 Å². The molecule has 0 radical (unpaired) electrons. The Morgan fingerprint density at radius 3 is 2.74 bits per heavy atom. The van der Waals surface area contributed by atoms with Crippen LogP contribution in [0.5, 0.6) is 5.75 Å². The third kappa shape index (κ3) is 6.46. The van der Waals surface area contributed by atoms with E-state index in [0.29, 0.717) is 44.5 Å². The van der Waals surface area contributed by atoms with E-state index in [2.05, 4.69) is 10.3 Å². The molecule has 4 rings (SSSR count). The molecular formula is C25H29FN4O5. The summed E-state index contributed by atoms with van der Waals surface area (Å²) in [5.74, 6) is -0.586. The second-order valence-electron chi connectivity index (χ2n) is 8.73. The fourth-order valence-corrected chi connectivity index (χ4v) is 4.21. The molecular weight excluding hydrogens is 455 g/mol. The van der Waals surface area contributed by atoms with Gasteiger partial charge in [-0.1, -0.05) is 6.07 Å². The van der Waals surface area contributed by atoms with E-state index in [1.165, 1.54) is 24.0 Å². The lowest BCUT2D eigenvalue weighted by molar-refractivity contribution is -0.133. The molecule has 3 amide bonds. The number of halogens is 1. The Kier molecular flexibility index (Phi) is 7.79. The molecule has 0 bridgehead atoms. The number of carbonyl (C=O) groups excluding carboxylic acids is 3.